The van der Waals surface area contributed by atoms with E-state index in [1.165, 1.54) is 18.2 Å². The molecule has 7 heteroatoms. The van der Waals surface area contributed by atoms with Gasteiger partial charge in [0.05, 0.1) is 11.3 Å². The number of nitrogens with one attached hydrogen (secondary N) is 1. The quantitative estimate of drug-likeness (QED) is 0.586. The largest absolute Gasteiger partial charge is 0.504 e. The molecule has 0 radical (unpaired) electrons. The van der Waals surface area contributed by atoms with E-state index < -0.39 is 11.7 Å². The van der Waals surface area contributed by atoms with Gasteiger partial charge in [-0.2, -0.15) is 0 Å². The zero-order valence-electron chi connectivity index (χ0n) is 10.3. The van der Waals surface area contributed by atoms with Crippen LogP contribution in [0.2, 0.25) is 10.3 Å². The Kier molecular flexibility index (Phi) is 4.01. The van der Waals surface area contributed by atoms with Gasteiger partial charge < -0.3 is 15.5 Å². The predicted octanol–water partition coefficient (Wildman–Crippen LogP) is 3.36. The summed E-state index contributed by atoms with van der Waals surface area (Å²) < 4.78 is 0. The van der Waals surface area contributed by atoms with Crippen LogP contribution in [-0.2, 0) is 0 Å². The Labute approximate surface area is 124 Å². The van der Waals surface area contributed by atoms with Gasteiger partial charge in [0.25, 0.3) is 5.91 Å². The topological polar surface area (TPSA) is 82.5 Å². The van der Waals surface area contributed by atoms with Crippen molar-refractivity contribution in [1.29, 1.82) is 0 Å². The maximum Gasteiger partial charge on any atom is 0.259 e. The van der Waals surface area contributed by atoms with E-state index in [0.717, 1.165) is 0 Å². The number of carbonyl (C=O) groups excluding carboxylic acids is 1. The van der Waals surface area contributed by atoms with Crippen LogP contribution in [0.1, 0.15) is 15.9 Å². The van der Waals surface area contributed by atoms with Crippen molar-refractivity contribution in [2.75, 3.05) is 5.32 Å². The molecule has 0 unspecified atom stereocenters. The average molecular weight is 313 g/mol. The Morgan fingerprint density at radius 2 is 2.00 bits per heavy atom. The van der Waals surface area contributed by atoms with Gasteiger partial charge in [-0.3, -0.25) is 4.79 Å². The van der Waals surface area contributed by atoms with Gasteiger partial charge in [0.2, 0.25) is 0 Å². The molecule has 3 N–H and O–H groups in total. The Morgan fingerprint density at radius 3 is 2.65 bits per heavy atom. The minimum atomic E-state index is -0.618. The molecule has 0 aliphatic rings. The Hall–Kier alpha value is -1.98. The van der Waals surface area contributed by atoms with Crippen LogP contribution in [0.4, 0.5) is 5.69 Å². The number of carbonyl (C=O) groups is 1. The number of hydrogen-bond acceptors (Lipinski definition) is 4. The van der Waals surface area contributed by atoms with Gasteiger partial charge in [0.1, 0.15) is 5.15 Å². The van der Waals surface area contributed by atoms with Crippen molar-refractivity contribution in [1.82, 2.24) is 4.98 Å². The van der Waals surface area contributed by atoms with Gasteiger partial charge in [0, 0.05) is 0 Å². The number of halogens is 2. The van der Waals surface area contributed by atoms with E-state index in [4.69, 9.17) is 23.2 Å². The Bertz CT molecular complexity index is 666. The maximum atomic E-state index is 12.1. The van der Waals surface area contributed by atoms with Crippen LogP contribution < -0.4 is 5.32 Å². The number of para-hydroxylation sites is 1. The zero-order chi connectivity index (χ0) is 14.9. The van der Waals surface area contributed by atoms with E-state index in [9.17, 15) is 15.0 Å². The molecule has 1 aromatic heterocycles. The van der Waals surface area contributed by atoms with E-state index in [2.05, 4.69) is 10.3 Å². The first-order valence-electron chi connectivity index (χ1n) is 5.55. The minimum absolute atomic E-state index is 0.0444. The number of aromatic hydroxyl groups is 2. The fourth-order valence-electron chi connectivity index (χ4n) is 1.64. The summed E-state index contributed by atoms with van der Waals surface area (Å²) in [7, 11) is 0. The number of amides is 1. The molecular weight excluding hydrogens is 303 g/mol. The number of phenolic OH excluding ortho intramolecular Hbond substituents is 2. The zero-order valence-corrected chi connectivity index (χ0v) is 11.8. The summed E-state index contributed by atoms with van der Waals surface area (Å²) in [6.45, 7) is 1.71. The lowest BCUT2D eigenvalue weighted by atomic mass is 10.1. The van der Waals surface area contributed by atoms with Gasteiger partial charge in [-0.1, -0.05) is 29.3 Å². The van der Waals surface area contributed by atoms with Crippen molar-refractivity contribution in [2.45, 2.75) is 6.92 Å². The maximum absolute atomic E-state index is 12.1. The van der Waals surface area contributed by atoms with Gasteiger partial charge in [-0.25, -0.2) is 4.98 Å². The molecule has 0 aliphatic heterocycles. The number of nitrogens with zero attached hydrogens (tertiary/aromatic N) is 1. The molecule has 104 valence electrons. The number of hydrogen-bond donors (Lipinski definition) is 3. The van der Waals surface area contributed by atoms with Crippen LogP contribution in [0.15, 0.2) is 24.3 Å². The van der Waals surface area contributed by atoms with Crippen LogP contribution in [0, 0.1) is 6.92 Å². The highest BCUT2D eigenvalue weighted by Crippen LogP contribution is 2.31. The van der Waals surface area contributed by atoms with Gasteiger partial charge >= 0.3 is 0 Å². The van der Waals surface area contributed by atoms with Crippen molar-refractivity contribution in [2.24, 2.45) is 0 Å². The fourth-order valence-corrected chi connectivity index (χ4v) is 2.22. The predicted molar refractivity (Wildman–Crippen MR) is 76.7 cm³/mol. The number of benzene rings is 1. The molecule has 2 rings (SSSR count). The van der Waals surface area contributed by atoms with E-state index in [1.54, 1.807) is 13.0 Å². The SMILES string of the molecule is Cc1cc(Cl)nc(Cl)c1NC(=O)c1cccc(O)c1O. The van der Waals surface area contributed by atoms with Crippen LogP contribution in [0.25, 0.3) is 0 Å². The third kappa shape index (κ3) is 2.79. The van der Waals surface area contributed by atoms with E-state index in [-0.39, 0.29) is 21.6 Å². The van der Waals surface area contributed by atoms with Crippen molar-refractivity contribution in [3.05, 3.63) is 45.7 Å². The minimum Gasteiger partial charge on any atom is -0.504 e. The molecule has 0 aliphatic carbocycles. The molecule has 0 spiro atoms. The normalized spacial score (nSPS) is 10.3. The molecule has 5 nitrogen and oxygen atoms in total. The molecule has 1 aromatic carbocycles. The van der Waals surface area contributed by atoms with Gasteiger partial charge in [-0.15, -0.1) is 0 Å². The highest BCUT2D eigenvalue weighted by atomic mass is 35.5. The number of rotatable bonds is 2. The lowest BCUT2D eigenvalue weighted by Crippen LogP contribution is -2.13. The first-order chi connectivity index (χ1) is 9.40. The summed E-state index contributed by atoms with van der Waals surface area (Å²) in [6.07, 6.45) is 0. The second-order valence-corrected chi connectivity index (χ2v) is 4.80. The lowest BCUT2D eigenvalue weighted by Gasteiger charge is -2.11. The molecule has 2 aromatic rings. The van der Waals surface area contributed by atoms with Crippen LogP contribution in [0.5, 0.6) is 11.5 Å². The summed E-state index contributed by atoms with van der Waals surface area (Å²) in [4.78, 5) is 15.9. The third-order valence-electron chi connectivity index (χ3n) is 2.64. The van der Waals surface area contributed by atoms with Crippen molar-refractivity contribution >= 4 is 34.8 Å². The van der Waals surface area contributed by atoms with Crippen LogP contribution in [-0.4, -0.2) is 21.1 Å². The number of phenols is 2. The van der Waals surface area contributed by atoms with Crippen molar-refractivity contribution in [3.8, 4) is 11.5 Å². The molecule has 0 saturated heterocycles. The Balaban J connectivity index is 2.36. The number of pyridine rings is 1. The second-order valence-electron chi connectivity index (χ2n) is 4.06. The lowest BCUT2D eigenvalue weighted by molar-refractivity contribution is 0.102. The monoisotopic (exact) mass is 312 g/mol. The van der Waals surface area contributed by atoms with Gasteiger partial charge in [0.15, 0.2) is 16.7 Å². The molecule has 20 heavy (non-hydrogen) atoms. The van der Waals surface area contributed by atoms with Crippen molar-refractivity contribution < 1.29 is 15.0 Å². The average Bonchev–Trinajstić information content (AvgIpc) is 2.36. The van der Waals surface area contributed by atoms with E-state index >= 15 is 0 Å². The molecule has 1 heterocycles. The van der Waals surface area contributed by atoms with Gasteiger partial charge in [-0.05, 0) is 30.7 Å². The molecule has 0 saturated carbocycles. The van der Waals surface area contributed by atoms with E-state index in [0.29, 0.717) is 11.3 Å². The summed E-state index contributed by atoms with van der Waals surface area (Å²) in [5, 5.41) is 21.8. The summed E-state index contributed by atoms with van der Waals surface area (Å²) >= 11 is 11.7. The number of aromatic nitrogens is 1. The number of aryl methyl sites for hydroxylation is 1. The van der Waals surface area contributed by atoms with Crippen LogP contribution in [0.3, 0.4) is 0 Å². The molecule has 0 atom stereocenters. The smallest absolute Gasteiger partial charge is 0.259 e. The first kappa shape index (κ1) is 14.4. The summed E-state index contributed by atoms with van der Waals surface area (Å²) in [5.74, 6) is -1.50. The molecule has 0 fully saturated rings. The molecular formula is C13H10Cl2N2O3. The highest BCUT2D eigenvalue weighted by Gasteiger charge is 2.17. The first-order valence-corrected chi connectivity index (χ1v) is 6.30. The Morgan fingerprint density at radius 1 is 1.30 bits per heavy atom. The van der Waals surface area contributed by atoms with E-state index in [1.807, 2.05) is 0 Å². The fraction of sp³-hybridized carbons (Fsp3) is 0.0769. The summed E-state index contributed by atoms with van der Waals surface area (Å²) in [5.41, 5.74) is 0.849. The molecule has 1 amide bonds. The standard InChI is InChI=1S/C13H10Cl2N2O3/c1-6-5-9(14)16-12(15)10(6)17-13(20)7-3-2-4-8(18)11(7)19/h2-5,18-19H,1H3,(H,17,20). The highest BCUT2D eigenvalue weighted by molar-refractivity contribution is 6.35. The third-order valence-corrected chi connectivity index (χ3v) is 3.11. The summed E-state index contributed by atoms with van der Waals surface area (Å²) in [6, 6.07) is 5.63. The van der Waals surface area contributed by atoms with Crippen molar-refractivity contribution in [3.63, 3.8) is 0 Å². The number of anilines is 1. The molecule has 0 bridgehead atoms. The second kappa shape index (κ2) is 5.56. The van der Waals surface area contributed by atoms with Crippen LogP contribution >= 0.6 is 23.2 Å².